The molecule has 102 valence electrons. The molecule has 1 saturated heterocycles. The smallest absolute Gasteiger partial charge is 0.237 e. The van der Waals surface area contributed by atoms with E-state index in [0.29, 0.717) is 18.0 Å². The van der Waals surface area contributed by atoms with Crippen molar-refractivity contribution in [3.63, 3.8) is 0 Å². The number of nitrogens with zero attached hydrogens (tertiary/aromatic N) is 1. The lowest BCUT2D eigenvalue weighted by molar-refractivity contribution is -0.135. The van der Waals surface area contributed by atoms with Crippen LogP contribution >= 0.6 is 11.6 Å². The van der Waals surface area contributed by atoms with Gasteiger partial charge in [-0.25, -0.2) is 0 Å². The Morgan fingerprint density at radius 3 is 2.79 bits per heavy atom. The first-order valence-electron chi connectivity index (χ1n) is 6.61. The molecule has 2 rings (SSSR count). The van der Waals surface area contributed by atoms with Crippen molar-refractivity contribution in [2.24, 2.45) is 11.8 Å². The number of benzene rings is 1. The van der Waals surface area contributed by atoms with Gasteiger partial charge in [-0.15, -0.1) is 0 Å². The summed E-state index contributed by atoms with van der Waals surface area (Å²) in [7, 11) is 0. The van der Waals surface area contributed by atoms with Gasteiger partial charge in [-0.1, -0.05) is 31.5 Å². The predicted octanol–water partition coefficient (Wildman–Crippen LogP) is 3.31. The number of anilines is 1. The van der Waals surface area contributed by atoms with Crippen molar-refractivity contribution in [3.8, 4) is 0 Å². The largest absolute Gasteiger partial charge is 0.312 e. The molecule has 1 aromatic rings. The molecule has 0 bridgehead atoms. The molecule has 0 saturated carbocycles. The van der Waals surface area contributed by atoms with E-state index < -0.39 is 5.92 Å². The molecule has 1 fully saturated rings. The standard InChI is InChI=1S/C15H18ClNO2/c1-10(2)14(18)13-7-4-8-17(15(13)19)12-6-3-5-11(16)9-12/h3,5-6,9-10,13H,4,7-8H2,1-2H3/t13-/m1/s1. The number of carbonyl (C=O) groups is 2. The predicted molar refractivity (Wildman–Crippen MR) is 76.4 cm³/mol. The van der Waals surface area contributed by atoms with Crippen LogP contribution < -0.4 is 4.90 Å². The van der Waals surface area contributed by atoms with Crippen LogP contribution in [0.4, 0.5) is 5.69 Å². The van der Waals surface area contributed by atoms with E-state index in [4.69, 9.17) is 11.6 Å². The quantitative estimate of drug-likeness (QED) is 0.796. The van der Waals surface area contributed by atoms with Crippen molar-refractivity contribution in [2.45, 2.75) is 26.7 Å². The molecule has 0 aromatic heterocycles. The van der Waals surface area contributed by atoms with Crippen LogP contribution in [-0.2, 0) is 9.59 Å². The minimum atomic E-state index is -0.493. The fourth-order valence-corrected chi connectivity index (χ4v) is 2.63. The highest BCUT2D eigenvalue weighted by Crippen LogP contribution is 2.28. The molecule has 1 heterocycles. The zero-order valence-corrected chi connectivity index (χ0v) is 12.0. The third kappa shape index (κ3) is 2.98. The molecule has 1 aliphatic heterocycles. The first-order chi connectivity index (χ1) is 9.00. The molecule has 0 N–H and O–H groups in total. The zero-order chi connectivity index (χ0) is 14.0. The summed E-state index contributed by atoms with van der Waals surface area (Å²) in [4.78, 5) is 26.2. The van der Waals surface area contributed by atoms with E-state index in [1.54, 1.807) is 17.0 Å². The van der Waals surface area contributed by atoms with Gasteiger partial charge in [0.2, 0.25) is 5.91 Å². The summed E-state index contributed by atoms with van der Waals surface area (Å²) in [6, 6.07) is 7.21. The van der Waals surface area contributed by atoms with Gasteiger partial charge in [0.05, 0.1) is 5.92 Å². The molecule has 1 atom stereocenters. The molecule has 0 radical (unpaired) electrons. The molecule has 3 nitrogen and oxygen atoms in total. The maximum absolute atomic E-state index is 12.4. The average Bonchev–Trinajstić information content (AvgIpc) is 2.38. The number of rotatable bonds is 3. The van der Waals surface area contributed by atoms with E-state index in [9.17, 15) is 9.59 Å². The van der Waals surface area contributed by atoms with Crippen LogP contribution in [0.3, 0.4) is 0 Å². The number of piperidine rings is 1. The number of halogens is 1. The van der Waals surface area contributed by atoms with Crippen LogP contribution in [0.25, 0.3) is 0 Å². The van der Waals surface area contributed by atoms with E-state index in [-0.39, 0.29) is 17.6 Å². The highest BCUT2D eigenvalue weighted by molar-refractivity contribution is 6.31. The highest BCUT2D eigenvalue weighted by Gasteiger charge is 2.35. The van der Waals surface area contributed by atoms with Gasteiger partial charge in [0, 0.05) is 23.2 Å². The average molecular weight is 280 g/mol. The Labute approximate surface area is 118 Å². The van der Waals surface area contributed by atoms with Crippen molar-refractivity contribution in [1.82, 2.24) is 0 Å². The Morgan fingerprint density at radius 1 is 1.42 bits per heavy atom. The summed E-state index contributed by atoms with van der Waals surface area (Å²) < 4.78 is 0. The fourth-order valence-electron chi connectivity index (χ4n) is 2.44. The topological polar surface area (TPSA) is 37.4 Å². The van der Waals surface area contributed by atoms with Gasteiger partial charge in [-0.05, 0) is 31.0 Å². The molecule has 0 spiro atoms. The first-order valence-corrected chi connectivity index (χ1v) is 6.99. The van der Waals surface area contributed by atoms with Crippen molar-refractivity contribution in [2.75, 3.05) is 11.4 Å². The van der Waals surface area contributed by atoms with E-state index in [2.05, 4.69) is 0 Å². The molecule has 1 aliphatic rings. The summed E-state index contributed by atoms with van der Waals surface area (Å²) in [6.45, 7) is 4.34. The van der Waals surface area contributed by atoms with Gasteiger partial charge in [0.1, 0.15) is 5.78 Å². The Balaban J connectivity index is 2.23. The molecule has 1 aromatic carbocycles. The van der Waals surface area contributed by atoms with Crippen molar-refractivity contribution < 1.29 is 9.59 Å². The summed E-state index contributed by atoms with van der Waals surface area (Å²) in [5, 5.41) is 0.600. The Morgan fingerprint density at radius 2 is 2.16 bits per heavy atom. The van der Waals surface area contributed by atoms with Crippen LogP contribution in [0.5, 0.6) is 0 Å². The monoisotopic (exact) mass is 279 g/mol. The molecule has 4 heteroatoms. The van der Waals surface area contributed by atoms with E-state index >= 15 is 0 Å². The fraction of sp³-hybridized carbons (Fsp3) is 0.467. The van der Waals surface area contributed by atoms with Gasteiger partial charge < -0.3 is 4.90 Å². The molecule has 0 aliphatic carbocycles. The van der Waals surface area contributed by atoms with Gasteiger partial charge >= 0.3 is 0 Å². The summed E-state index contributed by atoms with van der Waals surface area (Å²) in [6.07, 6.45) is 1.51. The third-order valence-electron chi connectivity index (χ3n) is 3.47. The molecular formula is C15H18ClNO2. The number of Topliss-reactive ketones (excluding diaryl/α,β-unsaturated/α-hetero) is 1. The summed E-state index contributed by atoms with van der Waals surface area (Å²) in [5.41, 5.74) is 0.777. The third-order valence-corrected chi connectivity index (χ3v) is 3.71. The van der Waals surface area contributed by atoms with Crippen molar-refractivity contribution in [1.29, 1.82) is 0 Å². The van der Waals surface area contributed by atoms with Crippen LogP contribution in [0, 0.1) is 11.8 Å². The highest BCUT2D eigenvalue weighted by atomic mass is 35.5. The van der Waals surface area contributed by atoms with Crippen LogP contribution in [0.15, 0.2) is 24.3 Å². The number of hydrogen-bond donors (Lipinski definition) is 0. The Bertz CT molecular complexity index is 499. The molecule has 0 unspecified atom stereocenters. The number of hydrogen-bond acceptors (Lipinski definition) is 2. The zero-order valence-electron chi connectivity index (χ0n) is 11.2. The Kier molecular flexibility index (Phi) is 4.25. The maximum atomic E-state index is 12.4. The molecular weight excluding hydrogens is 262 g/mol. The normalized spacial score (nSPS) is 19.9. The maximum Gasteiger partial charge on any atom is 0.237 e. The van der Waals surface area contributed by atoms with Crippen molar-refractivity contribution >= 4 is 29.0 Å². The SMILES string of the molecule is CC(C)C(=O)[C@H]1CCCN(c2cccc(Cl)c2)C1=O. The minimum absolute atomic E-state index is 0.0386. The second kappa shape index (κ2) is 5.74. The number of amides is 1. The lowest BCUT2D eigenvalue weighted by Gasteiger charge is -2.32. The number of carbonyl (C=O) groups excluding carboxylic acids is 2. The van der Waals surface area contributed by atoms with E-state index in [1.165, 1.54) is 0 Å². The Hall–Kier alpha value is -1.35. The van der Waals surface area contributed by atoms with Crippen LogP contribution in [0.1, 0.15) is 26.7 Å². The summed E-state index contributed by atoms with van der Waals surface area (Å²) in [5.74, 6) is -0.648. The van der Waals surface area contributed by atoms with Gasteiger partial charge in [-0.3, -0.25) is 9.59 Å². The van der Waals surface area contributed by atoms with Crippen LogP contribution in [0.2, 0.25) is 5.02 Å². The lowest BCUT2D eigenvalue weighted by atomic mass is 9.87. The first kappa shape index (κ1) is 14.1. The molecule has 19 heavy (non-hydrogen) atoms. The number of ketones is 1. The lowest BCUT2D eigenvalue weighted by Crippen LogP contribution is -2.45. The minimum Gasteiger partial charge on any atom is -0.312 e. The second-order valence-electron chi connectivity index (χ2n) is 5.22. The van der Waals surface area contributed by atoms with Gasteiger partial charge in [0.15, 0.2) is 0 Å². The van der Waals surface area contributed by atoms with Gasteiger partial charge in [-0.2, -0.15) is 0 Å². The van der Waals surface area contributed by atoms with Crippen molar-refractivity contribution in [3.05, 3.63) is 29.3 Å². The summed E-state index contributed by atoms with van der Waals surface area (Å²) >= 11 is 5.96. The van der Waals surface area contributed by atoms with Crippen LogP contribution in [-0.4, -0.2) is 18.2 Å². The van der Waals surface area contributed by atoms with E-state index in [1.807, 2.05) is 26.0 Å². The van der Waals surface area contributed by atoms with Gasteiger partial charge in [0.25, 0.3) is 0 Å². The second-order valence-corrected chi connectivity index (χ2v) is 5.66. The van der Waals surface area contributed by atoms with E-state index in [0.717, 1.165) is 12.1 Å². The molecule has 1 amide bonds.